The number of carbonyl (C=O) groups excluding carboxylic acids is 5. The van der Waals surface area contributed by atoms with Crippen LogP contribution >= 0.6 is 12.6 Å². The van der Waals surface area contributed by atoms with Gasteiger partial charge in [-0.25, -0.2) is 4.79 Å². The molecule has 0 radical (unpaired) electrons. The van der Waals surface area contributed by atoms with Crippen molar-refractivity contribution in [3.63, 3.8) is 0 Å². The maximum atomic E-state index is 12.9. The Morgan fingerprint density at radius 2 is 1.62 bits per heavy atom. The summed E-state index contributed by atoms with van der Waals surface area (Å²) in [6.45, 7) is 12.8. The number of imide groups is 2. The second-order valence-corrected chi connectivity index (χ2v) is 11.4. The third-order valence-corrected chi connectivity index (χ3v) is 6.55. The van der Waals surface area contributed by atoms with E-state index >= 15 is 0 Å². The monoisotopic (exact) mass is 499 g/mol. The van der Waals surface area contributed by atoms with E-state index in [1.165, 1.54) is 4.90 Å². The minimum absolute atomic E-state index is 0.0297. The zero-order valence-electron chi connectivity index (χ0n) is 21.8. The van der Waals surface area contributed by atoms with Gasteiger partial charge in [-0.05, 0) is 45.1 Å². The highest BCUT2D eigenvalue weighted by Crippen LogP contribution is 2.26. The summed E-state index contributed by atoms with van der Waals surface area (Å²) in [5, 5.41) is 7.14. The van der Waals surface area contributed by atoms with Gasteiger partial charge in [0.15, 0.2) is 0 Å². The molecule has 194 valence electrons. The van der Waals surface area contributed by atoms with Crippen molar-refractivity contribution in [2.45, 2.75) is 84.2 Å². The molecule has 0 spiro atoms. The van der Waals surface area contributed by atoms with Crippen molar-refractivity contribution in [1.82, 2.24) is 25.8 Å². The van der Waals surface area contributed by atoms with Crippen LogP contribution in [0.1, 0.15) is 61.3 Å². The quantitative estimate of drug-likeness (QED) is 0.264. The third kappa shape index (κ3) is 7.18. The zero-order valence-corrected chi connectivity index (χ0v) is 22.7. The summed E-state index contributed by atoms with van der Waals surface area (Å²) in [6.07, 6.45) is 0.449. The van der Waals surface area contributed by atoms with Gasteiger partial charge in [0, 0.05) is 13.6 Å². The van der Waals surface area contributed by atoms with E-state index in [-0.39, 0.29) is 24.8 Å². The molecule has 10 nitrogen and oxygen atoms in total. The maximum absolute atomic E-state index is 12.9. The second kappa shape index (κ2) is 11.5. The fourth-order valence-corrected chi connectivity index (χ4v) is 3.96. The molecule has 1 aliphatic heterocycles. The molecular formula is C23H41N5O5S. The highest BCUT2D eigenvalue weighted by atomic mass is 32.1. The number of carbonyl (C=O) groups is 5. The van der Waals surface area contributed by atoms with Crippen LogP contribution in [0.15, 0.2) is 0 Å². The summed E-state index contributed by atoms with van der Waals surface area (Å²) >= 11 is 4.33. The van der Waals surface area contributed by atoms with Crippen LogP contribution in [0.2, 0.25) is 0 Å². The van der Waals surface area contributed by atoms with Gasteiger partial charge in [-0.3, -0.25) is 29.4 Å². The molecule has 0 saturated carbocycles. The molecule has 3 N–H and O–H groups in total. The van der Waals surface area contributed by atoms with Gasteiger partial charge in [-0.15, -0.1) is 0 Å². The lowest BCUT2D eigenvalue weighted by Crippen LogP contribution is -2.56. The Balaban J connectivity index is 2.81. The van der Waals surface area contributed by atoms with Crippen LogP contribution in [0.4, 0.5) is 4.79 Å². The molecule has 1 heterocycles. The fraction of sp³-hybridized carbons (Fsp3) is 0.783. The van der Waals surface area contributed by atoms with E-state index in [2.05, 4.69) is 28.6 Å². The van der Waals surface area contributed by atoms with E-state index in [4.69, 9.17) is 0 Å². The van der Waals surface area contributed by atoms with Gasteiger partial charge in [-0.1, -0.05) is 34.6 Å². The summed E-state index contributed by atoms with van der Waals surface area (Å²) in [7, 11) is 3.20. The van der Waals surface area contributed by atoms with Crippen LogP contribution in [-0.2, 0) is 19.2 Å². The molecule has 0 aromatic heterocycles. The van der Waals surface area contributed by atoms with Crippen molar-refractivity contribution in [1.29, 1.82) is 0 Å². The minimum Gasteiger partial charge on any atom is -0.343 e. The lowest BCUT2D eigenvalue weighted by atomic mass is 9.86. The average Bonchev–Trinajstić information content (AvgIpc) is 2.84. The molecule has 0 aromatic rings. The fourth-order valence-electron chi connectivity index (χ4n) is 3.77. The van der Waals surface area contributed by atoms with Gasteiger partial charge < -0.3 is 15.5 Å². The Labute approximate surface area is 208 Å². The molecule has 1 fully saturated rings. The zero-order chi connectivity index (χ0) is 26.6. The van der Waals surface area contributed by atoms with Crippen molar-refractivity contribution >= 4 is 42.3 Å². The first-order valence-corrected chi connectivity index (χ1v) is 12.1. The smallest absolute Gasteiger partial charge is 0.327 e. The van der Waals surface area contributed by atoms with E-state index in [0.29, 0.717) is 6.42 Å². The number of hydrogen-bond acceptors (Lipinski definition) is 7. The van der Waals surface area contributed by atoms with Crippen LogP contribution in [0.25, 0.3) is 0 Å². The second-order valence-electron chi connectivity index (χ2n) is 10.8. The molecule has 3 unspecified atom stereocenters. The molecule has 1 rings (SSSR count). The van der Waals surface area contributed by atoms with Crippen molar-refractivity contribution in [2.75, 3.05) is 20.6 Å². The summed E-state index contributed by atoms with van der Waals surface area (Å²) in [5.74, 6) is -1.84. The molecular weight excluding hydrogens is 458 g/mol. The van der Waals surface area contributed by atoms with Crippen LogP contribution in [0, 0.1) is 11.3 Å². The predicted molar refractivity (Wildman–Crippen MR) is 133 cm³/mol. The first kappa shape index (κ1) is 29.9. The highest BCUT2D eigenvalue weighted by Gasteiger charge is 2.49. The minimum atomic E-state index is -0.948. The number of likely N-dealkylation sites (N-methyl/N-ethyl adjacent to an activating group) is 2. The Morgan fingerprint density at radius 1 is 1.06 bits per heavy atom. The number of hydrogen-bond donors (Lipinski definition) is 4. The SMILES string of the molecule is CNC(C(=O)NC(=O)C(CC(C)C)NC(=O)C(S)CCN1C(=O)N(C)C(C)(C)C1=O)C(C)(C)C. The number of nitrogens with one attached hydrogen (secondary N) is 3. The number of amides is 6. The normalized spacial score (nSPS) is 18.7. The molecule has 1 saturated heterocycles. The number of rotatable bonds is 10. The van der Waals surface area contributed by atoms with E-state index in [1.54, 1.807) is 27.9 Å². The van der Waals surface area contributed by atoms with E-state index in [1.807, 2.05) is 34.6 Å². The number of urea groups is 1. The summed E-state index contributed by atoms with van der Waals surface area (Å²) in [6, 6.07) is -1.95. The topological polar surface area (TPSA) is 128 Å². The molecule has 0 aliphatic carbocycles. The Morgan fingerprint density at radius 3 is 2.03 bits per heavy atom. The summed E-state index contributed by atoms with van der Waals surface area (Å²) in [4.78, 5) is 65.6. The highest BCUT2D eigenvalue weighted by molar-refractivity contribution is 7.81. The summed E-state index contributed by atoms with van der Waals surface area (Å²) < 4.78 is 0. The lowest BCUT2D eigenvalue weighted by Gasteiger charge is -2.29. The van der Waals surface area contributed by atoms with Gasteiger partial charge >= 0.3 is 6.03 Å². The van der Waals surface area contributed by atoms with Crippen molar-refractivity contribution in [3.05, 3.63) is 0 Å². The van der Waals surface area contributed by atoms with Crippen molar-refractivity contribution in [2.24, 2.45) is 11.3 Å². The van der Waals surface area contributed by atoms with E-state index < -0.39 is 52.0 Å². The van der Waals surface area contributed by atoms with Gasteiger partial charge in [0.05, 0.1) is 11.3 Å². The standard InChI is InChI=1S/C23H41N5O5S/c1-13(2)12-14(17(29)26-19(31)16(24-8)22(3,4)5)25-18(30)15(34)10-11-28-20(32)23(6,7)27(9)21(28)33/h13-16,24,34H,10-12H2,1-9H3,(H,25,30)(H,26,29,31). The maximum Gasteiger partial charge on any atom is 0.327 e. The molecule has 0 aromatic carbocycles. The van der Waals surface area contributed by atoms with Crippen molar-refractivity contribution < 1.29 is 24.0 Å². The van der Waals surface area contributed by atoms with Gasteiger partial charge in [0.25, 0.3) is 5.91 Å². The lowest BCUT2D eigenvalue weighted by molar-refractivity contribution is -0.136. The number of thiol groups is 1. The van der Waals surface area contributed by atoms with Crippen LogP contribution < -0.4 is 16.0 Å². The summed E-state index contributed by atoms with van der Waals surface area (Å²) in [5.41, 5.74) is -1.37. The Bertz CT molecular complexity index is 808. The van der Waals surface area contributed by atoms with Gasteiger partial charge in [0.2, 0.25) is 17.7 Å². The molecule has 11 heteroatoms. The Hall–Kier alpha value is -2.14. The van der Waals surface area contributed by atoms with Crippen LogP contribution in [0.3, 0.4) is 0 Å². The molecule has 3 atom stereocenters. The van der Waals surface area contributed by atoms with E-state index in [0.717, 1.165) is 4.90 Å². The van der Waals surface area contributed by atoms with Crippen molar-refractivity contribution in [3.8, 4) is 0 Å². The number of nitrogens with zero attached hydrogens (tertiary/aromatic N) is 2. The predicted octanol–water partition coefficient (Wildman–Crippen LogP) is 1.16. The van der Waals surface area contributed by atoms with Gasteiger partial charge in [-0.2, -0.15) is 12.6 Å². The Kier molecular flexibility index (Phi) is 10.1. The third-order valence-electron chi connectivity index (χ3n) is 6.06. The molecule has 34 heavy (non-hydrogen) atoms. The van der Waals surface area contributed by atoms with Crippen LogP contribution in [0.5, 0.6) is 0 Å². The molecule has 6 amide bonds. The average molecular weight is 500 g/mol. The first-order chi connectivity index (χ1) is 15.4. The van der Waals surface area contributed by atoms with Gasteiger partial charge in [0.1, 0.15) is 11.6 Å². The first-order valence-electron chi connectivity index (χ1n) is 11.5. The molecule has 1 aliphatic rings. The van der Waals surface area contributed by atoms with E-state index in [9.17, 15) is 24.0 Å². The largest absolute Gasteiger partial charge is 0.343 e. The molecule has 0 bridgehead atoms. The van der Waals surface area contributed by atoms with Crippen LogP contribution in [-0.4, -0.2) is 83.0 Å².